The number of carbonyl (C=O) groups is 3. The van der Waals surface area contributed by atoms with E-state index >= 15 is 0 Å². The Labute approximate surface area is 206 Å². The van der Waals surface area contributed by atoms with E-state index in [4.69, 9.17) is 14.2 Å². The smallest absolute Gasteiger partial charge is 0.343 e. The third-order valence-electron chi connectivity index (χ3n) is 4.64. The van der Waals surface area contributed by atoms with Crippen molar-refractivity contribution in [2.24, 2.45) is 5.10 Å². The maximum atomic E-state index is 12.9. The minimum atomic E-state index is -1.01. The van der Waals surface area contributed by atoms with Crippen molar-refractivity contribution in [1.82, 2.24) is 5.43 Å². The number of nitrogens with one attached hydrogen (secondary N) is 2. The molecule has 3 rings (SSSR count). The summed E-state index contributed by atoms with van der Waals surface area (Å²) in [4.78, 5) is 36.3. The number of halogens is 1. The van der Waals surface area contributed by atoms with E-state index in [1.807, 2.05) is 6.92 Å². The van der Waals surface area contributed by atoms with E-state index < -0.39 is 23.6 Å². The van der Waals surface area contributed by atoms with Gasteiger partial charge in [0.05, 0.1) is 25.5 Å². The summed E-state index contributed by atoms with van der Waals surface area (Å²) in [5.41, 5.74) is 3.20. The van der Waals surface area contributed by atoms with Crippen LogP contribution in [0.4, 0.5) is 10.1 Å². The van der Waals surface area contributed by atoms with Crippen LogP contribution in [0.2, 0.25) is 0 Å². The standard InChI is InChI=1S/C26H24FN3O6/c1-3-14-35-21-11-5-18(6-12-21)26(33)36-22-13-4-17(15-23(22)34-2)16-28-30-25(32)24(31)29-20-9-7-19(27)8-10-20/h4-13,15-16H,3,14H2,1-2H3,(H,29,31)(H,30,32)/b28-16+. The zero-order valence-electron chi connectivity index (χ0n) is 19.6. The number of anilines is 1. The summed E-state index contributed by atoms with van der Waals surface area (Å²) in [5.74, 6) is -1.91. The third-order valence-corrected chi connectivity index (χ3v) is 4.64. The number of hydrogen-bond acceptors (Lipinski definition) is 7. The van der Waals surface area contributed by atoms with Gasteiger partial charge < -0.3 is 19.5 Å². The maximum Gasteiger partial charge on any atom is 0.343 e. The van der Waals surface area contributed by atoms with Crippen LogP contribution in [0.5, 0.6) is 17.2 Å². The van der Waals surface area contributed by atoms with Gasteiger partial charge in [-0.2, -0.15) is 5.10 Å². The molecule has 0 radical (unpaired) electrons. The fraction of sp³-hybridized carbons (Fsp3) is 0.154. The zero-order valence-corrected chi connectivity index (χ0v) is 19.6. The van der Waals surface area contributed by atoms with Crippen molar-refractivity contribution < 1.29 is 33.0 Å². The van der Waals surface area contributed by atoms with Gasteiger partial charge in [-0.15, -0.1) is 0 Å². The number of methoxy groups -OCH3 is 1. The Morgan fingerprint density at radius 1 is 0.944 bits per heavy atom. The molecule has 9 nitrogen and oxygen atoms in total. The van der Waals surface area contributed by atoms with Crippen LogP contribution in [-0.2, 0) is 9.59 Å². The van der Waals surface area contributed by atoms with Crippen LogP contribution in [0.1, 0.15) is 29.3 Å². The topological polar surface area (TPSA) is 115 Å². The van der Waals surface area contributed by atoms with Gasteiger partial charge in [-0.05, 0) is 78.7 Å². The molecule has 2 amide bonds. The Morgan fingerprint density at radius 3 is 2.33 bits per heavy atom. The van der Waals surface area contributed by atoms with Gasteiger partial charge in [-0.3, -0.25) is 9.59 Å². The molecule has 0 bridgehead atoms. The Balaban J connectivity index is 1.57. The number of hydrogen-bond donors (Lipinski definition) is 2. The van der Waals surface area contributed by atoms with Crippen LogP contribution in [0, 0.1) is 5.82 Å². The van der Waals surface area contributed by atoms with Crippen molar-refractivity contribution >= 4 is 29.7 Å². The van der Waals surface area contributed by atoms with Crippen LogP contribution in [0.15, 0.2) is 71.8 Å². The van der Waals surface area contributed by atoms with Crippen LogP contribution in [-0.4, -0.2) is 37.7 Å². The molecule has 0 fully saturated rings. The summed E-state index contributed by atoms with van der Waals surface area (Å²) >= 11 is 0. The lowest BCUT2D eigenvalue weighted by Crippen LogP contribution is -2.32. The van der Waals surface area contributed by atoms with E-state index in [1.54, 1.807) is 36.4 Å². The van der Waals surface area contributed by atoms with Crippen molar-refractivity contribution in [1.29, 1.82) is 0 Å². The van der Waals surface area contributed by atoms with Crippen molar-refractivity contribution in [3.05, 3.63) is 83.7 Å². The molecule has 0 saturated carbocycles. The number of rotatable bonds is 9. The van der Waals surface area contributed by atoms with Gasteiger partial charge in [-0.25, -0.2) is 14.6 Å². The molecule has 0 heterocycles. The van der Waals surface area contributed by atoms with Crippen molar-refractivity contribution in [2.75, 3.05) is 19.0 Å². The summed E-state index contributed by atoms with van der Waals surface area (Å²) in [6.07, 6.45) is 2.16. The van der Waals surface area contributed by atoms with E-state index in [0.29, 0.717) is 23.5 Å². The number of carbonyl (C=O) groups excluding carboxylic acids is 3. The second-order valence-electron chi connectivity index (χ2n) is 7.33. The number of hydrazone groups is 1. The van der Waals surface area contributed by atoms with Gasteiger partial charge in [-0.1, -0.05) is 6.92 Å². The predicted molar refractivity (Wildman–Crippen MR) is 131 cm³/mol. The highest BCUT2D eigenvalue weighted by Gasteiger charge is 2.14. The van der Waals surface area contributed by atoms with E-state index in [-0.39, 0.29) is 17.2 Å². The molecule has 0 aliphatic carbocycles. The fourth-order valence-electron chi connectivity index (χ4n) is 2.85. The number of nitrogens with zero attached hydrogens (tertiary/aromatic N) is 1. The molecule has 3 aromatic carbocycles. The molecule has 0 aliphatic rings. The van der Waals surface area contributed by atoms with Crippen molar-refractivity contribution in [3.8, 4) is 17.2 Å². The number of esters is 1. The Hall–Kier alpha value is -4.73. The molecule has 0 aliphatic heterocycles. The van der Waals surface area contributed by atoms with E-state index in [1.165, 1.54) is 31.5 Å². The Morgan fingerprint density at radius 2 is 1.67 bits per heavy atom. The first-order valence-corrected chi connectivity index (χ1v) is 10.9. The predicted octanol–water partition coefficient (Wildman–Crippen LogP) is 3.93. The molecule has 186 valence electrons. The first-order valence-electron chi connectivity index (χ1n) is 10.9. The molecule has 2 N–H and O–H groups in total. The van der Waals surface area contributed by atoms with Crippen molar-refractivity contribution in [2.45, 2.75) is 13.3 Å². The summed E-state index contributed by atoms with van der Waals surface area (Å²) < 4.78 is 29.2. The van der Waals surface area contributed by atoms with Gasteiger partial charge in [0.1, 0.15) is 11.6 Å². The van der Waals surface area contributed by atoms with E-state index in [9.17, 15) is 18.8 Å². The Bertz CT molecular complexity index is 1240. The summed E-state index contributed by atoms with van der Waals surface area (Å²) in [6, 6.07) is 16.2. The van der Waals surface area contributed by atoms with Crippen LogP contribution in [0.3, 0.4) is 0 Å². The van der Waals surface area contributed by atoms with Gasteiger partial charge in [0.2, 0.25) is 0 Å². The van der Waals surface area contributed by atoms with Gasteiger partial charge in [0.15, 0.2) is 11.5 Å². The normalized spacial score (nSPS) is 10.5. The lowest BCUT2D eigenvalue weighted by molar-refractivity contribution is -0.136. The highest BCUT2D eigenvalue weighted by Crippen LogP contribution is 2.28. The maximum absolute atomic E-state index is 12.9. The first-order chi connectivity index (χ1) is 17.4. The number of benzene rings is 3. The molecule has 36 heavy (non-hydrogen) atoms. The molecule has 0 spiro atoms. The lowest BCUT2D eigenvalue weighted by atomic mass is 10.2. The average Bonchev–Trinajstić information content (AvgIpc) is 2.89. The second kappa shape index (κ2) is 12.7. The van der Waals surface area contributed by atoms with Gasteiger partial charge >= 0.3 is 17.8 Å². The lowest BCUT2D eigenvalue weighted by Gasteiger charge is -2.10. The molecule has 0 unspecified atom stereocenters. The molecule has 10 heteroatoms. The largest absolute Gasteiger partial charge is 0.494 e. The monoisotopic (exact) mass is 493 g/mol. The molecule has 3 aromatic rings. The molecule has 0 atom stereocenters. The highest BCUT2D eigenvalue weighted by molar-refractivity contribution is 6.39. The molecular formula is C26H24FN3O6. The SMILES string of the molecule is CCCOc1ccc(C(=O)Oc2ccc(/C=N/NC(=O)C(=O)Nc3ccc(F)cc3)cc2OC)cc1. The molecule has 0 aromatic heterocycles. The van der Waals surface area contributed by atoms with E-state index in [0.717, 1.165) is 18.6 Å². The zero-order chi connectivity index (χ0) is 25.9. The average molecular weight is 493 g/mol. The van der Waals surface area contributed by atoms with Crippen LogP contribution in [0.25, 0.3) is 0 Å². The van der Waals surface area contributed by atoms with Crippen LogP contribution >= 0.6 is 0 Å². The van der Waals surface area contributed by atoms with Crippen LogP contribution < -0.4 is 25.0 Å². The molecule has 0 saturated heterocycles. The number of ether oxygens (including phenoxy) is 3. The minimum absolute atomic E-state index is 0.189. The Kier molecular flexibility index (Phi) is 9.10. The van der Waals surface area contributed by atoms with Gasteiger partial charge in [0.25, 0.3) is 0 Å². The summed E-state index contributed by atoms with van der Waals surface area (Å²) in [7, 11) is 1.41. The van der Waals surface area contributed by atoms with E-state index in [2.05, 4.69) is 15.8 Å². The quantitative estimate of drug-likeness (QED) is 0.153. The summed E-state index contributed by atoms with van der Waals surface area (Å²) in [6.45, 7) is 2.59. The second-order valence-corrected chi connectivity index (χ2v) is 7.33. The number of amides is 2. The first kappa shape index (κ1) is 25.9. The molecular weight excluding hydrogens is 469 g/mol. The summed E-state index contributed by atoms with van der Waals surface area (Å²) in [5, 5.41) is 6.06. The fourth-order valence-corrected chi connectivity index (χ4v) is 2.85. The van der Waals surface area contributed by atoms with Gasteiger partial charge in [0, 0.05) is 5.69 Å². The highest BCUT2D eigenvalue weighted by atomic mass is 19.1. The third kappa shape index (κ3) is 7.39. The van der Waals surface area contributed by atoms with Crippen molar-refractivity contribution in [3.63, 3.8) is 0 Å². The minimum Gasteiger partial charge on any atom is -0.494 e.